The van der Waals surface area contributed by atoms with Gasteiger partial charge in [0.25, 0.3) is 0 Å². The summed E-state index contributed by atoms with van der Waals surface area (Å²) in [7, 11) is 1.84. The van der Waals surface area contributed by atoms with Crippen molar-refractivity contribution in [1.82, 2.24) is 5.32 Å². The summed E-state index contributed by atoms with van der Waals surface area (Å²) in [6.45, 7) is 1.99. The van der Waals surface area contributed by atoms with Crippen LogP contribution in [0.5, 0.6) is 0 Å². The minimum Gasteiger partial charge on any atom is -0.317 e. The van der Waals surface area contributed by atoms with Gasteiger partial charge in [0.2, 0.25) is 0 Å². The van der Waals surface area contributed by atoms with E-state index in [0.717, 1.165) is 11.6 Å². The van der Waals surface area contributed by atoms with E-state index in [1.807, 2.05) is 14.0 Å². The molecule has 0 fully saturated rings. The second kappa shape index (κ2) is 4.33. The largest absolute Gasteiger partial charge is 0.317 e. The van der Waals surface area contributed by atoms with E-state index < -0.39 is 11.6 Å². The molecule has 1 atom stereocenters. The Bertz CT molecular complexity index is 286. The van der Waals surface area contributed by atoms with Crippen LogP contribution in [-0.4, -0.2) is 13.1 Å². The average molecular weight is 185 g/mol. The fourth-order valence-electron chi connectivity index (χ4n) is 1.12. The third kappa shape index (κ3) is 2.77. The molecule has 0 saturated heterocycles. The lowest BCUT2D eigenvalue weighted by molar-refractivity contribution is 0.505. The molecule has 0 saturated carbocycles. The number of halogens is 2. The number of nitrogens with one attached hydrogen (secondary N) is 1. The summed E-state index contributed by atoms with van der Waals surface area (Å²) in [4.78, 5) is 0. The van der Waals surface area contributed by atoms with E-state index >= 15 is 0 Å². The minimum atomic E-state index is -0.791. The Morgan fingerprint density at radius 2 is 2.00 bits per heavy atom. The van der Waals surface area contributed by atoms with Crippen LogP contribution in [0.25, 0.3) is 0 Å². The minimum absolute atomic E-state index is 0.268. The van der Waals surface area contributed by atoms with Crippen LogP contribution in [0.1, 0.15) is 12.5 Å². The van der Waals surface area contributed by atoms with Crippen molar-refractivity contribution in [3.63, 3.8) is 0 Å². The maximum atomic E-state index is 12.7. The van der Waals surface area contributed by atoms with Crippen LogP contribution in [0.3, 0.4) is 0 Å². The first-order chi connectivity index (χ1) is 6.13. The van der Waals surface area contributed by atoms with Gasteiger partial charge in [0, 0.05) is 6.04 Å². The maximum Gasteiger partial charge on any atom is 0.159 e. The van der Waals surface area contributed by atoms with Gasteiger partial charge in [-0.2, -0.15) is 0 Å². The molecule has 1 aromatic rings. The summed E-state index contributed by atoms with van der Waals surface area (Å²) < 4.78 is 25.3. The Morgan fingerprint density at radius 3 is 2.54 bits per heavy atom. The maximum absolute atomic E-state index is 12.7. The smallest absolute Gasteiger partial charge is 0.159 e. The van der Waals surface area contributed by atoms with Crippen molar-refractivity contribution in [2.45, 2.75) is 19.4 Å². The van der Waals surface area contributed by atoms with E-state index in [4.69, 9.17) is 0 Å². The lowest BCUT2D eigenvalue weighted by atomic mass is 10.1. The average Bonchev–Trinajstić information content (AvgIpc) is 2.11. The van der Waals surface area contributed by atoms with Gasteiger partial charge in [0.15, 0.2) is 11.6 Å². The van der Waals surface area contributed by atoms with Crippen molar-refractivity contribution in [1.29, 1.82) is 0 Å². The highest BCUT2D eigenvalue weighted by atomic mass is 19.2. The third-order valence-corrected chi connectivity index (χ3v) is 2.02. The molecule has 0 spiro atoms. The van der Waals surface area contributed by atoms with E-state index in [2.05, 4.69) is 5.32 Å². The zero-order valence-corrected chi connectivity index (χ0v) is 7.77. The van der Waals surface area contributed by atoms with Crippen LogP contribution in [0.4, 0.5) is 8.78 Å². The fraction of sp³-hybridized carbons (Fsp3) is 0.400. The molecule has 0 aliphatic heterocycles. The summed E-state index contributed by atoms with van der Waals surface area (Å²) >= 11 is 0. The SMILES string of the molecule is CNC(C)Cc1ccc(F)c(F)c1. The zero-order chi connectivity index (χ0) is 9.84. The molecule has 0 amide bonds. The van der Waals surface area contributed by atoms with Gasteiger partial charge in [-0.1, -0.05) is 6.07 Å². The lowest BCUT2D eigenvalue weighted by Crippen LogP contribution is -2.23. The predicted molar refractivity (Wildman–Crippen MR) is 48.6 cm³/mol. The highest BCUT2D eigenvalue weighted by Gasteiger charge is 2.04. The van der Waals surface area contributed by atoms with Crippen LogP contribution < -0.4 is 5.32 Å². The molecule has 0 aromatic heterocycles. The van der Waals surface area contributed by atoms with Gasteiger partial charge in [-0.25, -0.2) is 8.78 Å². The van der Waals surface area contributed by atoms with Crippen molar-refractivity contribution in [3.05, 3.63) is 35.4 Å². The van der Waals surface area contributed by atoms with Crippen LogP contribution >= 0.6 is 0 Å². The first-order valence-corrected chi connectivity index (χ1v) is 4.24. The van der Waals surface area contributed by atoms with Gasteiger partial charge < -0.3 is 5.32 Å². The summed E-state index contributed by atoms with van der Waals surface area (Å²) in [6, 6.07) is 4.27. The monoisotopic (exact) mass is 185 g/mol. The molecule has 3 heteroatoms. The van der Waals surface area contributed by atoms with Crippen molar-refractivity contribution in [3.8, 4) is 0 Å². The molecule has 72 valence electrons. The van der Waals surface area contributed by atoms with Crippen LogP contribution in [0.2, 0.25) is 0 Å². The molecule has 1 rings (SSSR count). The predicted octanol–water partition coefficient (Wildman–Crippen LogP) is 2.12. The van der Waals surface area contributed by atoms with Crippen molar-refractivity contribution >= 4 is 0 Å². The molecule has 0 radical (unpaired) electrons. The van der Waals surface area contributed by atoms with Gasteiger partial charge in [-0.3, -0.25) is 0 Å². The molecule has 0 aliphatic carbocycles. The summed E-state index contributed by atoms with van der Waals surface area (Å²) in [5.74, 6) is -1.57. The van der Waals surface area contributed by atoms with E-state index in [0.29, 0.717) is 6.42 Å². The Balaban J connectivity index is 2.73. The Kier molecular flexibility index (Phi) is 3.37. The van der Waals surface area contributed by atoms with E-state index in [1.54, 1.807) is 6.07 Å². The molecule has 0 aliphatic rings. The van der Waals surface area contributed by atoms with E-state index in [-0.39, 0.29) is 6.04 Å². The first kappa shape index (κ1) is 10.1. The molecule has 1 unspecified atom stereocenters. The highest BCUT2D eigenvalue weighted by molar-refractivity contribution is 5.18. The quantitative estimate of drug-likeness (QED) is 0.760. The highest BCUT2D eigenvalue weighted by Crippen LogP contribution is 2.10. The molecule has 0 bridgehead atoms. The van der Waals surface area contributed by atoms with Crippen LogP contribution in [-0.2, 0) is 6.42 Å². The molecular formula is C10H13F2N. The van der Waals surface area contributed by atoms with Crippen molar-refractivity contribution in [2.75, 3.05) is 7.05 Å². The topological polar surface area (TPSA) is 12.0 Å². The van der Waals surface area contributed by atoms with Gasteiger partial charge in [0.05, 0.1) is 0 Å². The van der Waals surface area contributed by atoms with E-state index in [1.165, 1.54) is 6.07 Å². The van der Waals surface area contributed by atoms with Crippen molar-refractivity contribution < 1.29 is 8.78 Å². The number of hydrogen-bond donors (Lipinski definition) is 1. The third-order valence-electron chi connectivity index (χ3n) is 2.02. The zero-order valence-electron chi connectivity index (χ0n) is 7.77. The summed E-state index contributed by atoms with van der Waals surface area (Å²) in [5, 5.41) is 3.03. The Labute approximate surface area is 76.8 Å². The second-order valence-electron chi connectivity index (χ2n) is 3.14. The van der Waals surface area contributed by atoms with Gasteiger partial charge in [0.1, 0.15) is 0 Å². The molecule has 1 N–H and O–H groups in total. The first-order valence-electron chi connectivity index (χ1n) is 4.24. The fourth-order valence-corrected chi connectivity index (χ4v) is 1.12. The number of hydrogen-bond acceptors (Lipinski definition) is 1. The number of likely N-dealkylation sites (N-methyl/N-ethyl adjacent to an activating group) is 1. The number of rotatable bonds is 3. The second-order valence-corrected chi connectivity index (χ2v) is 3.14. The van der Waals surface area contributed by atoms with E-state index in [9.17, 15) is 8.78 Å². The number of benzene rings is 1. The molecule has 13 heavy (non-hydrogen) atoms. The Hall–Kier alpha value is -0.960. The molecule has 1 aromatic carbocycles. The normalized spacial score (nSPS) is 12.9. The van der Waals surface area contributed by atoms with Crippen molar-refractivity contribution in [2.24, 2.45) is 0 Å². The summed E-state index contributed by atoms with van der Waals surface area (Å²) in [5.41, 5.74) is 0.806. The van der Waals surface area contributed by atoms with Gasteiger partial charge >= 0.3 is 0 Å². The molecule has 0 heterocycles. The van der Waals surface area contributed by atoms with Gasteiger partial charge in [-0.15, -0.1) is 0 Å². The summed E-state index contributed by atoms with van der Waals surface area (Å²) in [6.07, 6.45) is 0.702. The Morgan fingerprint density at radius 1 is 1.31 bits per heavy atom. The van der Waals surface area contributed by atoms with Gasteiger partial charge in [-0.05, 0) is 38.1 Å². The molecule has 1 nitrogen and oxygen atoms in total. The lowest BCUT2D eigenvalue weighted by Gasteiger charge is -2.09. The van der Waals surface area contributed by atoms with Crippen LogP contribution in [0.15, 0.2) is 18.2 Å². The van der Waals surface area contributed by atoms with Crippen LogP contribution in [0, 0.1) is 11.6 Å². The molecular weight excluding hydrogens is 172 g/mol. The standard InChI is InChI=1S/C10H13F2N/c1-7(13-2)5-8-3-4-9(11)10(12)6-8/h3-4,6-7,13H,5H2,1-2H3.